The highest BCUT2D eigenvalue weighted by molar-refractivity contribution is 5.18. The van der Waals surface area contributed by atoms with Gasteiger partial charge in [-0.25, -0.2) is 0 Å². The molecule has 1 atom stereocenters. The average Bonchev–Trinajstić information content (AvgIpc) is 2.06. The van der Waals surface area contributed by atoms with Gasteiger partial charge in [-0.05, 0) is 25.0 Å². The fraction of sp³-hybridized carbons (Fsp3) is 0.500. The Morgan fingerprint density at radius 2 is 2.33 bits per heavy atom. The summed E-state index contributed by atoms with van der Waals surface area (Å²) in [4.78, 5) is 4.05. The summed E-state index contributed by atoms with van der Waals surface area (Å²) in [6.07, 6.45) is 5.71. The second-order valence-electron chi connectivity index (χ2n) is 3.41. The molecule has 0 aliphatic carbocycles. The number of hydrogen-bond acceptors (Lipinski definition) is 2. The molecule has 2 N–H and O–H groups in total. The molecule has 12 heavy (non-hydrogen) atoms. The zero-order valence-corrected chi connectivity index (χ0v) is 7.75. The van der Waals surface area contributed by atoms with Gasteiger partial charge in [-0.2, -0.15) is 0 Å². The van der Waals surface area contributed by atoms with E-state index in [1.165, 1.54) is 0 Å². The van der Waals surface area contributed by atoms with E-state index in [-0.39, 0.29) is 5.54 Å². The lowest BCUT2D eigenvalue weighted by Crippen LogP contribution is -2.32. The van der Waals surface area contributed by atoms with Crippen LogP contribution in [0.25, 0.3) is 0 Å². The fourth-order valence-electron chi connectivity index (χ4n) is 1.36. The predicted octanol–water partition coefficient (Wildman–Crippen LogP) is 2.06. The molecule has 1 heterocycles. The third-order valence-electron chi connectivity index (χ3n) is 2.09. The van der Waals surface area contributed by atoms with Gasteiger partial charge in [0.25, 0.3) is 0 Å². The van der Waals surface area contributed by atoms with Crippen molar-refractivity contribution in [3.8, 4) is 0 Å². The number of nitrogens with two attached hydrogens (primary N) is 1. The molecule has 1 unspecified atom stereocenters. The van der Waals surface area contributed by atoms with Crippen molar-refractivity contribution >= 4 is 0 Å². The summed E-state index contributed by atoms with van der Waals surface area (Å²) in [7, 11) is 0. The van der Waals surface area contributed by atoms with Crippen LogP contribution in [0.1, 0.15) is 32.3 Å². The van der Waals surface area contributed by atoms with Crippen molar-refractivity contribution in [1.29, 1.82) is 0 Å². The molecule has 0 aliphatic heterocycles. The van der Waals surface area contributed by atoms with Crippen LogP contribution in [0, 0.1) is 0 Å². The summed E-state index contributed by atoms with van der Waals surface area (Å²) in [5.41, 5.74) is 7.01. The van der Waals surface area contributed by atoms with Crippen LogP contribution < -0.4 is 5.73 Å². The first-order chi connectivity index (χ1) is 5.67. The van der Waals surface area contributed by atoms with E-state index >= 15 is 0 Å². The van der Waals surface area contributed by atoms with Gasteiger partial charge in [0.2, 0.25) is 0 Å². The lowest BCUT2D eigenvalue weighted by molar-refractivity contribution is 0.445. The van der Waals surface area contributed by atoms with E-state index in [4.69, 9.17) is 5.73 Å². The van der Waals surface area contributed by atoms with Gasteiger partial charge in [-0.15, -0.1) is 0 Å². The molecule has 0 radical (unpaired) electrons. The molecule has 0 aromatic carbocycles. The number of nitrogens with zero attached hydrogens (tertiary/aromatic N) is 1. The fourth-order valence-corrected chi connectivity index (χ4v) is 1.36. The van der Waals surface area contributed by atoms with Crippen molar-refractivity contribution in [2.24, 2.45) is 5.73 Å². The minimum Gasteiger partial charge on any atom is -0.322 e. The second-order valence-corrected chi connectivity index (χ2v) is 3.41. The van der Waals surface area contributed by atoms with E-state index in [2.05, 4.69) is 11.9 Å². The Morgan fingerprint density at radius 1 is 1.58 bits per heavy atom. The van der Waals surface area contributed by atoms with Crippen LogP contribution in [-0.4, -0.2) is 4.98 Å². The molecular formula is C10H16N2. The monoisotopic (exact) mass is 164 g/mol. The van der Waals surface area contributed by atoms with Gasteiger partial charge in [0.15, 0.2) is 0 Å². The van der Waals surface area contributed by atoms with Crippen molar-refractivity contribution in [2.75, 3.05) is 0 Å². The van der Waals surface area contributed by atoms with Gasteiger partial charge in [0, 0.05) is 17.9 Å². The van der Waals surface area contributed by atoms with Gasteiger partial charge < -0.3 is 5.73 Å². The summed E-state index contributed by atoms with van der Waals surface area (Å²) >= 11 is 0. The first kappa shape index (κ1) is 9.20. The number of rotatable bonds is 3. The summed E-state index contributed by atoms with van der Waals surface area (Å²) in [5, 5.41) is 0. The summed E-state index contributed by atoms with van der Waals surface area (Å²) in [6.45, 7) is 4.19. The molecule has 0 saturated heterocycles. The number of aromatic nitrogens is 1. The number of pyridine rings is 1. The Balaban J connectivity index is 2.82. The summed E-state index contributed by atoms with van der Waals surface area (Å²) in [6, 6.07) is 3.96. The molecule has 1 rings (SSSR count). The molecule has 0 spiro atoms. The molecule has 66 valence electrons. The van der Waals surface area contributed by atoms with Crippen molar-refractivity contribution in [1.82, 2.24) is 4.98 Å². The molecule has 0 amide bonds. The Hall–Kier alpha value is -0.890. The van der Waals surface area contributed by atoms with Crippen molar-refractivity contribution in [3.05, 3.63) is 30.1 Å². The van der Waals surface area contributed by atoms with E-state index in [0.29, 0.717) is 0 Å². The number of hydrogen-bond donors (Lipinski definition) is 1. The molecule has 0 saturated carbocycles. The Kier molecular flexibility index (Phi) is 2.82. The van der Waals surface area contributed by atoms with Gasteiger partial charge in [-0.3, -0.25) is 4.98 Å². The highest BCUT2D eigenvalue weighted by Crippen LogP contribution is 2.21. The Labute approximate surface area is 73.8 Å². The predicted molar refractivity (Wildman–Crippen MR) is 50.7 cm³/mol. The maximum Gasteiger partial charge on any atom is 0.0396 e. The van der Waals surface area contributed by atoms with Crippen molar-refractivity contribution in [2.45, 2.75) is 32.2 Å². The Bertz CT molecular complexity index is 229. The smallest absolute Gasteiger partial charge is 0.0396 e. The first-order valence-corrected chi connectivity index (χ1v) is 4.36. The van der Waals surface area contributed by atoms with E-state index in [1.54, 1.807) is 6.20 Å². The van der Waals surface area contributed by atoms with Crippen LogP contribution in [0.15, 0.2) is 24.5 Å². The molecule has 2 heteroatoms. The van der Waals surface area contributed by atoms with Gasteiger partial charge in [0.1, 0.15) is 0 Å². The quantitative estimate of drug-likeness (QED) is 0.742. The summed E-state index contributed by atoms with van der Waals surface area (Å²) in [5.74, 6) is 0. The van der Waals surface area contributed by atoms with Crippen LogP contribution in [0.2, 0.25) is 0 Å². The molecule has 1 aromatic heterocycles. The topological polar surface area (TPSA) is 38.9 Å². The maximum absolute atomic E-state index is 6.11. The second kappa shape index (κ2) is 3.68. The normalized spacial score (nSPS) is 15.6. The Morgan fingerprint density at radius 3 is 2.83 bits per heavy atom. The third kappa shape index (κ3) is 2.05. The summed E-state index contributed by atoms with van der Waals surface area (Å²) < 4.78 is 0. The largest absolute Gasteiger partial charge is 0.322 e. The zero-order chi connectivity index (χ0) is 9.03. The van der Waals surface area contributed by atoms with Gasteiger partial charge >= 0.3 is 0 Å². The maximum atomic E-state index is 6.11. The zero-order valence-electron chi connectivity index (χ0n) is 7.75. The van der Waals surface area contributed by atoms with E-state index in [0.717, 1.165) is 18.4 Å². The highest BCUT2D eigenvalue weighted by atomic mass is 14.7. The van der Waals surface area contributed by atoms with E-state index < -0.39 is 0 Å². The molecular weight excluding hydrogens is 148 g/mol. The van der Waals surface area contributed by atoms with Crippen LogP contribution >= 0.6 is 0 Å². The first-order valence-electron chi connectivity index (χ1n) is 4.36. The van der Waals surface area contributed by atoms with Crippen LogP contribution in [0.5, 0.6) is 0 Å². The van der Waals surface area contributed by atoms with Crippen molar-refractivity contribution < 1.29 is 0 Å². The molecule has 2 nitrogen and oxygen atoms in total. The average molecular weight is 164 g/mol. The SMILES string of the molecule is CCCC(C)(N)c1cccnc1. The van der Waals surface area contributed by atoms with E-state index in [9.17, 15) is 0 Å². The van der Waals surface area contributed by atoms with Gasteiger partial charge in [0.05, 0.1) is 0 Å². The third-order valence-corrected chi connectivity index (χ3v) is 2.09. The highest BCUT2D eigenvalue weighted by Gasteiger charge is 2.19. The van der Waals surface area contributed by atoms with Crippen LogP contribution in [0.4, 0.5) is 0 Å². The minimum absolute atomic E-state index is 0.219. The molecule has 0 aliphatic rings. The van der Waals surface area contributed by atoms with Crippen LogP contribution in [-0.2, 0) is 5.54 Å². The minimum atomic E-state index is -0.219. The van der Waals surface area contributed by atoms with Crippen molar-refractivity contribution in [3.63, 3.8) is 0 Å². The molecule has 0 bridgehead atoms. The molecule has 0 fully saturated rings. The van der Waals surface area contributed by atoms with Gasteiger partial charge in [-0.1, -0.05) is 19.4 Å². The van der Waals surface area contributed by atoms with Crippen LogP contribution in [0.3, 0.4) is 0 Å². The lowest BCUT2D eigenvalue weighted by Gasteiger charge is -2.23. The van der Waals surface area contributed by atoms with E-state index in [1.807, 2.05) is 25.3 Å². The standard InChI is InChI=1S/C10H16N2/c1-3-6-10(2,11)9-5-4-7-12-8-9/h4-5,7-8H,3,6,11H2,1-2H3. The molecule has 1 aromatic rings. The lowest BCUT2D eigenvalue weighted by atomic mass is 9.90.